The number of nitrogens with one attached hydrogen (secondary N) is 2. The van der Waals surface area contributed by atoms with Crippen LogP contribution in [0.25, 0.3) is 0 Å². The van der Waals surface area contributed by atoms with Gasteiger partial charge >= 0.3 is 6.03 Å². The van der Waals surface area contributed by atoms with Gasteiger partial charge in [0, 0.05) is 5.69 Å². The average Bonchev–Trinajstić information content (AvgIpc) is 3.35. The Hall–Kier alpha value is -2.41. The zero-order chi connectivity index (χ0) is 18.0. The molecule has 1 aliphatic rings. The van der Waals surface area contributed by atoms with Gasteiger partial charge < -0.3 is 15.7 Å². The Balaban J connectivity index is 1.65. The van der Waals surface area contributed by atoms with Gasteiger partial charge in [-0.1, -0.05) is 12.1 Å². The van der Waals surface area contributed by atoms with Crippen molar-refractivity contribution in [2.24, 2.45) is 5.92 Å². The molecule has 1 aliphatic carbocycles. The van der Waals surface area contributed by atoms with Crippen LogP contribution in [0.15, 0.2) is 24.3 Å². The standard InChI is InChI=1S/C18H25N5O2/c1-12-19-13(2)23(22-12)10-14-5-4-6-16(9-14)20-17(25)21-18(3,11-24)15-7-8-15/h4-6,9,15,24H,7-8,10-11H2,1-3H3,(H2,20,21,25). The second kappa shape index (κ2) is 6.84. The predicted octanol–water partition coefficient (Wildman–Crippen LogP) is 2.23. The number of aliphatic hydroxyl groups excluding tert-OH is 1. The summed E-state index contributed by atoms with van der Waals surface area (Å²) in [6.07, 6.45) is 2.09. The van der Waals surface area contributed by atoms with E-state index in [1.54, 1.807) is 0 Å². The van der Waals surface area contributed by atoms with Gasteiger partial charge in [0.25, 0.3) is 0 Å². The number of aliphatic hydroxyl groups is 1. The van der Waals surface area contributed by atoms with E-state index in [4.69, 9.17) is 0 Å². The number of aryl methyl sites for hydroxylation is 2. The van der Waals surface area contributed by atoms with Crippen molar-refractivity contribution in [2.45, 2.75) is 45.7 Å². The molecule has 7 heteroatoms. The summed E-state index contributed by atoms with van der Waals surface area (Å²) in [5.74, 6) is 1.96. The molecule has 1 saturated carbocycles. The minimum absolute atomic E-state index is 0.0595. The van der Waals surface area contributed by atoms with Crippen LogP contribution >= 0.6 is 0 Å². The number of benzene rings is 1. The lowest BCUT2D eigenvalue weighted by Crippen LogP contribution is -2.52. The SMILES string of the molecule is Cc1nc(C)n(Cc2cccc(NC(=O)NC(C)(CO)C3CC3)c2)n1. The van der Waals surface area contributed by atoms with Gasteiger partial charge in [0.05, 0.1) is 18.7 Å². The fraction of sp³-hybridized carbons (Fsp3) is 0.500. The zero-order valence-electron chi connectivity index (χ0n) is 14.9. The first-order valence-corrected chi connectivity index (χ1v) is 8.56. The number of nitrogens with zero attached hydrogens (tertiary/aromatic N) is 3. The van der Waals surface area contributed by atoms with Crippen LogP contribution in [0.4, 0.5) is 10.5 Å². The fourth-order valence-corrected chi connectivity index (χ4v) is 3.04. The molecule has 1 atom stereocenters. The Morgan fingerprint density at radius 3 is 2.76 bits per heavy atom. The molecule has 2 aromatic rings. The van der Waals surface area contributed by atoms with E-state index in [0.29, 0.717) is 18.2 Å². The maximum absolute atomic E-state index is 12.3. The summed E-state index contributed by atoms with van der Waals surface area (Å²) in [6.45, 7) is 6.21. The van der Waals surface area contributed by atoms with E-state index in [1.165, 1.54) is 0 Å². The minimum Gasteiger partial charge on any atom is -0.394 e. The molecule has 0 spiro atoms. The van der Waals surface area contributed by atoms with Crippen LogP contribution in [0.5, 0.6) is 0 Å². The van der Waals surface area contributed by atoms with E-state index < -0.39 is 5.54 Å². The third kappa shape index (κ3) is 4.17. The Bertz CT molecular complexity index is 769. The molecule has 1 aromatic heterocycles. The number of hydrogen-bond acceptors (Lipinski definition) is 4. The molecule has 7 nitrogen and oxygen atoms in total. The van der Waals surface area contributed by atoms with Crippen molar-refractivity contribution < 1.29 is 9.90 Å². The number of urea groups is 1. The van der Waals surface area contributed by atoms with Gasteiger partial charge in [0.15, 0.2) is 0 Å². The normalized spacial score (nSPS) is 16.3. The summed E-state index contributed by atoms with van der Waals surface area (Å²) in [5, 5.41) is 19.7. The number of carbonyl (C=O) groups is 1. The van der Waals surface area contributed by atoms with Crippen LogP contribution in [-0.2, 0) is 6.54 Å². The molecule has 1 heterocycles. The van der Waals surface area contributed by atoms with Crippen molar-refractivity contribution in [3.63, 3.8) is 0 Å². The smallest absolute Gasteiger partial charge is 0.319 e. The third-order valence-electron chi connectivity index (χ3n) is 4.69. The summed E-state index contributed by atoms with van der Waals surface area (Å²) in [6, 6.07) is 7.35. The maximum Gasteiger partial charge on any atom is 0.319 e. The second-order valence-corrected chi connectivity index (χ2v) is 6.99. The molecule has 0 radical (unpaired) electrons. The molecule has 0 bridgehead atoms. The van der Waals surface area contributed by atoms with E-state index in [0.717, 1.165) is 30.1 Å². The molecule has 3 N–H and O–H groups in total. The molecule has 2 amide bonds. The molecular formula is C18H25N5O2. The summed E-state index contributed by atoms with van der Waals surface area (Å²) in [5.41, 5.74) is 1.18. The van der Waals surface area contributed by atoms with Crippen LogP contribution in [0.2, 0.25) is 0 Å². The first-order chi connectivity index (χ1) is 11.9. The molecular weight excluding hydrogens is 318 g/mol. The Morgan fingerprint density at radius 1 is 1.40 bits per heavy atom. The number of hydrogen-bond donors (Lipinski definition) is 3. The number of rotatable bonds is 6. The largest absolute Gasteiger partial charge is 0.394 e. The first kappa shape index (κ1) is 17.4. The van der Waals surface area contributed by atoms with Gasteiger partial charge in [-0.15, -0.1) is 0 Å². The highest BCUT2D eigenvalue weighted by Gasteiger charge is 2.42. The third-order valence-corrected chi connectivity index (χ3v) is 4.69. The van der Waals surface area contributed by atoms with E-state index in [2.05, 4.69) is 20.7 Å². The van der Waals surface area contributed by atoms with Gasteiger partial charge in [-0.05, 0) is 57.2 Å². The van der Waals surface area contributed by atoms with Crippen molar-refractivity contribution >= 4 is 11.7 Å². The number of amides is 2. The van der Waals surface area contributed by atoms with Crippen molar-refractivity contribution in [2.75, 3.05) is 11.9 Å². The van der Waals surface area contributed by atoms with Crippen LogP contribution in [0, 0.1) is 19.8 Å². The van der Waals surface area contributed by atoms with Crippen molar-refractivity contribution in [1.29, 1.82) is 0 Å². The van der Waals surface area contributed by atoms with E-state index in [-0.39, 0.29) is 12.6 Å². The van der Waals surface area contributed by atoms with Crippen molar-refractivity contribution in [3.05, 3.63) is 41.5 Å². The monoisotopic (exact) mass is 343 g/mol. The van der Waals surface area contributed by atoms with Gasteiger partial charge in [-0.3, -0.25) is 0 Å². The van der Waals surface area contributed by atoms with Crippen LogP contribution in [-0.4, -0.2) is 38.0 Å². The fourth-order valence-electron chi connectivity index (χ4n) is 3.04. The topological polar surface area (TPSA) is 92.1 Å². The lowest BCUT2D eigenvalue weighted by Gasteiger charge is -2.28. The molecule has 1 fully saturated rings. The summed E-state index contributed by atoms with van der Waals surface area (Å²) >= 11 is 0. The van der Waals surface area contributed by atoms with E-state index >= 15 is 0 Å². The van der Waals surface area contributed by atoms with Crippen LogP contribution < -0.4 is 10.6 Å². The van der Waals surface area contributed by atoms with Gasteiger partial charge in [0.1, 0.15) is 11.6 Å². The molecule has 1 unspecified atom stereocenters. The molecule has 0 saturated heterocycles. The Kier molecular flexibility index (Phi) is 4.76. The maximum atomic E-state index is 12.3. The molecule has 1 aromatic carbocycles. The molecule has 25 heavy (non-hydrogen) atoms. The Morgan fingerprint density at radius 2 is 2.16 bits per heavy atom. The zero-order valence-corrected chi connectivity index (χ0v) is 14.9. The van der Waals surface area contributed by atoms with Crippen LogP contribution in [0.3, 0.4) is 0 Å². The molecule has 0 aliphatic heterocycles. The van der Waals surface area contributed by atoms with Crippen molar-refractivity contribution in [3.8, 4) is 0 Å². The Labute approximate surface area is 147 Å². The summed E-state index contributed by atoms with van der Waals surface area (Å²) in [4.78, 5) is 16.6. The predicted molar refractivity (Wildman–Crippen MR) is 95.4 cm³/mol. The van der Waals surface area contributed by atoms with Gasteiger partial charge in [-0.2, -0.15) is 5.10 Å². The summed E-state index contributed by atoms with van der Waals surface area (Å²) < 4.78 is 1.84. The minimum atomic E-state index is -0.558. The number of aromatic nitrogens is 3. The summed E-state index contributed by atoms with van der Waals surface area (Å²) in [7, 11) is 0. The van der Waals surface area contributed by atoms with Crippen molar-refractivity contribution in [1.82, 2.24) is 20.1 Å². The first-order valence-electron chi connectivity index (χ1n) is 8.56. The lowest BCUT2D eigenvalue weighted by atomic mass is 9.97. The highest BCUT2D eigenvalue weighted by molar-refractivity contribution is 5.89. The van der Waals surface area contributed by atoms with E-state index in [1.807, 2.05) is 49.7 Å². The lowest BCUT2D eigenvalue weighted by molar-refractivity contribution is 0.159. The number of anilines is 1. The highest BCUT2D eigenvalue weighted by atomic mass is 16.3. The molecule has 3 rings (SSSR count). The van der Waals surface area contributed by atoms with Gasteiger partial charge in [-0.25, -0.2) is 14.5 Å². The average molecular weight is 343 g/mol. The van der Waals surface area contributed by atoms with Crippen LogP contribution in [0.1, 0.15) is 37.0 Å². The quantitative estimate of drug-likeness (QED) is 0.750. The highest BCUT2D eigenvalue weighted by Crippen LogP contribution is 2.39. The van der Waals surface area contributed by atoms with Gasteiger partial charge in [0.2, 0.25) is 0 Å². The number of carbonyl (C=O) groups excluding carboxylic acids is 1. The van der Waals surface area contributed by atoms with E-state index in [9.17, 15) is 9.90 Å². The molecule has 134 valence electrons. The second-order valence-electron chi connectivity index (χ2n) is 6.99.